The van der Waals surface area contributed by atoms with Gasteiger partial charge in [0.2, 0.25) is 0 Å². The van der Waals surface area contributed by atoms with Crippen molar-refractivity contribution in [2.24, 2.45) is 11.7 Å². The molecule has 0 saturated carbocycles. The molecule has 0 aliphatic rings. The van der Waals surface area contributed by atoms with Crippen LogP contribution in [0.25, 0.3) is 0 Å². The summed E-state index contributed by atoms with van der Waals surface area (Å²) >= 11 is 0. The van der Waals surface area contributed by atoms with Crippen molar-refractivity contribution in [1.29, 1.82) is 0 Å². The second kappa shape index (κ2) is 4.21. The molecule has 0 spiro atoms. The van der Waals surface area contributed by atoms with Crippen LogP contribution in [0.15, 0.2) is 18.2 Å². The van der Waals surface area contributed by atoms with Gasteiger partial charge in [0.05, 0.1) is 5.69 Å². The van der Waals surface area contributed by atoms with Crippen molar-refractivity contribution in [3.8, 4) is 0 Å². The average Bonchev–Trinajstić information content (AvgIpc) is 2.03. The first-order valence-electron chi connectivity index (χ1n) is 4.37. The van der Waals surface area contributed by atoms with Crippen LogP contribution < -0.4 is 5.73 Å². The predicted molar refractivity (Wildman–Crippen MR) is 50.7 cm³/mol. The number of nitrogens with zero attached hydrogens (tertiary/aromatic N) is 1. The molecule has 0 bridgehead atoms. The summed E-state index contributed by atoms with van der Waals surface area (Å²) in [5, 5.41) is 0. The minimum atomic E-state index is 0.534. The fourth-order valence-corrected chi connectivity index (χ4v) is 1.17. The van der Waals surface area contributed by atoms with Gasteiger partial charge in [-0.25, -0.2) is 0 Å². The number of rotatable bonds is 3. The summed E-state index contributed by atoms with van der Waals surface area (Å²) in [7, 11) is 0. The summed E-state index contributed by atoms with van der Waals surface area (Å²) in [5.74, 6) is 0.658. The first kappa shape index (κ1) is 9.20. The van der Waals surface area contributed by atoms with Gasteiger partial charge in [0.1, 0.15) is 0 Å². The van der Waals surface area contributed by atoms with Crippen molar-refractivity contribution >= 4 is 0 Å². The maximum Gasteiger partial charge on any atom is 0.0542 e. The number of nitrogens with two attached hydrogens (primary N) is 1. The van der Waals surface area contributed by atoms with E-state index in [1.165, 1.54) is 0 Å². The van der Waals surface area contributed by atoms with Crippen molar-refractivity contribution < 1.29 is 0 Å². The Balaban J connectivity index is 2.72. The molecule has 0 fully saturated rings. The Morgan fingerprint density at radius 2 is 2.00 bits per heavy atom. The second-order valence-corrected chi connectivity index (χ2v) is 3.42. The lowest BCUT2D eigenvalue weighted by Gasteiger charge is -2.04. The van der Waals surface area contributed by atoms with Gasteiger partial charge in [0.25, 0.3) is 0 Å². The molecule has 66 valence electrons. The fourth-order valence-electron chi connectivity index (χ4n) is 1.17. The molecule has 2 N–H and O–H groups in total. The molecule has 0 unspecified atom stereocenters. The molecule has 0 saturated heterocycles. The summed E-state index contributed by atoms with van der Waals surface area (Å²) in [4.78, 5) is 4.41. The lowest BCUT2D eigenvalue weighted by atomic mass is 10.1. The van der Waals surface area contributed by atoms with Crippen molar-refractivity contribution in [3.05, 3.63) is 29.6 Å². The zero-order chi connectivity index (χ0) is 8.97. The van der Waals surface area contributed by atoms with Gasteiger partial charge in [-0.15, -0.1) is 0 Å². The molecular formula is C10H16N2. The second-order valence-electron chi connectivity index (χ2n) is 3.42. The van der Waals surface area contributed by atoms with Gasteiger partial charge in [-0.3, -0.25) is 4.98 Å². The van der Waals surface area contributed by atoms with Crippen LogP contribution in [0.5, 0.6) is 0 Å². The number of pyridine rings is 1. The van der Waals surface area contributed by atoms with Crippen LogP contribution in [0.3, 0.4) is 0 Å². The molecular weight excluding hydrogens is 148 g/mol. The molecule has 12 heavy (non-hydrogen) atoms. The Labute approximate surface area is 73.8 Å². The summed E-state index contributed by atoms with van der Waals surface area (Å²) in [6, 6.07) is 6.04. The zero-order valence-electron chi connectivity index (χ0n) is 7.75. The molecule has 0 amide bonds. The number of hydrogen-bond donors (Lipinski definition) is 1. The van der Waals surface area contributed by atoms with Gasteiger partial charge >= 0.3 is 0 Å². The minimum absolute atomic E-state index is 0.534. The molecule has 0 aromatic carbocycles. The Bertz CT molecular complexity index is 243. The zero-order valence-corrected chi connectivity index (χ0v) is 7.75. The third kappa shape index (κ3) is 2.62. The number of hydrogen-bond acceptors (Lipinski definition) is 2. The standard InChI is InChI=1S/C10H16N2/c1-8(2)6-9-4-3-5-10(7-11)12-9/h3-5,8H,6-7,11H2,1-2H3. The number of aromatic nitrogens is 1. The molecule has 0 aliphatic heterocycles. The Kier molecular flexibility index (Phi) is 3.23. The van der Waals surface area contributed by atoms with Gasteiger partial charge in [0, 0.05) is 12.2 Å². The lowest BCUT2D eigenvalue weighted by Crippen LogP contribution is -2.03. The van der Waals surface area contributed by atoms with Crippen LogP contribution in [-0.2, 0) is 13.0 Å². The normalized spacial score (nSPS) is 10.7. The molecule has 1 aromatic heterocycles. The van der Waals surface area contributed by atoms with E-state index in [1.807, 2.05) is 12.1 Å². The van der Waals surface area contributed by atoms with Crippen molar-refractivity contribution in [2.75, 3.05) is 0 Å². The third-order valence-corrected chi connectivity index (χ3v) is 1.69. The maximum absolute atomic E-state index is 5.49. The summed E-state index contributed by atoms with van der Waals surface area (Å²) in [6.07, 6.45) is 1.04. The highest BCUT2D eigenvalue weighted by atomic mass is 14.7. The molecule has 1 aromatic rings. The minimum Gasteiger partial charge on any atom is -0.325 e. The molecule has 2 heteroatoms. The van der Waals surface area contributed by atoms with Crippen LogP contribution in [0.1, 0.15) is 25.2 Å². The smallest absolute Gasteiger partial charge is 0.0542 e. The van der Waals surface area contributed by atoms with E-state index in [9.17, 15) is 0 Å². The van der Waals surface area contributed by atoms with Crippen molar-refractivity contribution in [3.63, 3.8) is 0 Å². The van der Waals surface area contributed by atoms with Crippen LogP contribution in [0, 0.1) is 5.92 Å². The van der Waals surface area contributed by atoms with Crippen LogP contribution in [0.4, 0.5) is 0 Å². The van der Waals surface area contributed by atoms with Crippen molar-refractivity contribution in [2.45, 2.75) is 26.8 Å². The fraction of sp³-hybridized carbons (Fsp3) is 0.500. The van der Waals surface area contributed by atoms with Gasteiger partial charge in [-0.2, -0.15) is 0 Å². The molecule has 1 heterocycles. The lowest BCUT2D eigenvalue weighted by molar-refractivity contribution is 0.633. The van der Waals surface area contributed by atoms with E-state index in [0.717, 1.165) is 17.8 Å². The van der Waals surface area contributed by atoms with Gasteiger partial charge < -0.3 is 5.73 Å². The Hall–Kier alpha value is -0.890. The Morgan fingerprint density at radius 3 is 2.58 bits per heavy atom. The van der Waals surface area contributed by atoms with Gasteiger partial charge in [-0.1, -0.05) is 19.9 Å². The van der Waals surface area contributed by atoms with Crippen LogP contribution >= 0.6 is 0 Å². The highest BCUT2D eigenvalue weighted by Gasteiger charge is 1.99. The van der Waals surface area contributed by atoms with Gasteiger partial charge in [0.15, 0.2) is 0 Å². The molecule has 1 rings (SSSR count). The highest BCUT2D eigenvalue weighted by molar-refractivity contribution is 5.11. The maximum atomic E-state index is 5.49. The molecule has 2 nitrogen and oxygen atoms in total. The molecule has 0 atom stereocenters. The van der Waals surface area contributed by atoms with Gasteiger partial charge in [-0.05, 0) is 24.5 Å². The quantitative estimate of drug-likeness (QED) is 0.739. The van der Waals surface area contributed by atoms with E-state index in [4.69, 9.17) is 5.73 Å². The van der Waals surface area contributed by atoms with E-state index in [2.05, 4.69) is 24.9 Å². The van der Waals surface area contributed by atoms with E-state index in [1.54, 1.807) is 0 Å². The first-order chi connectivity index (χ1) is 5.72. The summed E-state index contributed by atoms with van der Waals surface area (Å²) in [6.45, 7) is 4.92. The largest absolute Gasteiger partial charge is 0.325 e. The topological polar surface area (TPSA) is 38.9 Å². The first-order valence-corrected chi connectivity index (χ1v) is 4.37. The van der Waals surface area contributed by atoms with E-state index >= 15 is 0 Å². The van der Waals surface area contributed by atoms with Crippen molar-refractivity contribution in [1.82, 2.24) is 4.98 Å². The van der Waals surface area contributed by atoms with E-state index in [-0.39, 0.29) is 0 Å². The van der Waals surface area contributed by atoms with E-state index < -0.39 is 0 Å². The van der Waals surface area contributed by atoms with E-state index in [0.29, 0.717) is 12.5 Å². The Morgan fingerprint density at radius 1 is 1.33 bits per heavy atom. The molecule has 0 aliphatic carbocycles. The highest BCUT2D eigenvalue weighted by Crippen LogP contribution is 2.05. The SMILES string of the molecule is CC(C)Cc1cccc(CN)n1. The molecule has 0 radical (unpaired) electrons. The summed E-state index contributed by atoms with van der Waals surface area (Å²) in [5.41, 5.74) is 7.61. The monoisotopic (exact) mass is 164 g/mol. The average molecular weight is 164 g/mol. The van der Waals surface area contributed by atoms with Crippen LogP contribution in [-0.4, -0.2) is 4.98 Å². The third-order valence-electron chi connectivity index (χ3n) is 1.69. The summed E-state index contributed by atoms with van der Waals surface area (Å²) < 4.78 is 0. The predicted octanol–water partition coefficient (Wildman–Crippen LogP) is 1.74. The van der Waals surface area contributed by atoms with Crippen LogP contribution in [0.2, 0.25) is 0 Å².